The lowest BCUT2D eigenvalue weighted by Crippen LogP contribution is -2.38. The number of benzene rings is 1. The summed E-state index contributed by atoms with van der Waals surface area (Å²) in [6.45, 7) is 10.9. The first-order chi connectivity index (χ1) is 13.3. The van der Waals surface area contributed by atoms with Crippen molar-refractivity contribution in [3.8, 4) is 11.4 Å². The highest BCUT2D eigenvalue weighted by molar-refractivity contribution is 5.82. The predicted molar refractivity (Wildman–Crippen MR) is 107 cm³/mol. The van der Waals surface area contributed by atoms with Crippen LogP contribution in [0.15, 0.2) is 30.3 Å². The summed E-state index contributed by atoms with van der Waals surface area (Å²) in [5.74, 6) is 1.13. The third kappa shape index (κ3) is 5.24. The van der Waals surface area contributed by atoms with Crippen LogP contribution in [-0.4, -0.2) is 65.3 Å². The van der Waals surface area contributed by atoms with Gasteiger partial charge in [0.05, 0.1) is 24.6 Å². The van der Waals surface area contributed by atoms with Crippen LogP contribution in [0.2, 0.25) is 0 Å². The average Bonchev–Trinajstić information content (AvgIpc) is 3.06. The first kappa shape index (κ1) is 20.2. The van der Waals surface area contributed by atoms with Gasteiger partial charge in [-0.25, -0.2) is 9.48 Å². The van der Waals surface area contributed by atoms with E-state index in [1.54, 1.807) is 10.7 Å². The monoisotopic (exact) mass is 388 g/mol. The van der Waals surface area contributed by atoms with E-state index >= 15 is 0 Å². The van der Waals surface area contributed by atoms with E-state index in [0.717, 1.165) is 50.0 Å². The third-order valence-electron chi connectivity index (χ3n) is 4.55. The fourth-order valence-electron chi connectivity index (χ4n) is 2.97. The van der Waals surface area contributed by atoms with Gasteiger partial charge in [-0.15, -0.1) is 0 Å². The highest BCUT2D eigenvalue weighted by Gasteiger charge is 2.21. The number of rotatable bonds is 6. The maximum absolute atomic E-state index is 11.2. The van der Waals surface area contributed by atoms with Gasteiger partial charge < -0.3 is 14.6 Å². The molecule has 3 rings (SSSR count). The average molecular weight is 388 g/mol. The molecule has 0 spiro atoms. The summed E-state index contributed by atoms with van der Waals surface area (Å²) in [6, 6.07) is 9.27. The molecule has 28 heavy (non-hydrogen) atoms. The Balaban J connectivity index is 1.75. The number of morpholine rings is 1. The van der Waals surface area contributed by atoms with Crippen molar-refractivity contribution < 1.29 is 19.4 Å². The van der Waals surface area contributed by atoms with Gasteiger partial charge in [0, 0.05) is 37.2 Å². The Bertz CT molecular complexity index is 807. The first-order valence-corrected chi connectivity index (χ1v) is 9.47. The number of carboxylic acid groups (broad SMARTS) is 1. The molecule has 0 radical (unpaired) electrons. The van der Waals surface area contributed by atoms with Crippen LogP contribution >= 0.6 is 0 Å². The van der Waals surface area contributed by atoms with Gasteiger partial charge in [0.25, 0.3) is 0 Å². The number of hydrogen-bond donors (Lipinski definition) is 2. The van der Waals surface area contributed by atoms with E-state index in [1.165, 1.54) is 0 Å². The first-order valence-electron chi connectivity index (χ1n) is 9.47. The third-order valence-corrected chi connectivity index (χ3v) is 4.55. The summed E-state index contributed by atoms with van der Waals surface area (Å²) >= 11 is 0. The van der Waals surface area contributed by atoms with Gasteiger partial charge in [-0.05, 0) is 12.1 Å². The molecule has 2 aromatic rings. The molecule has 0 bridgehead atoms. The highest BCUT2D eigenvalue weighted by Crippen LogP contribution is 2.27. The molecule has 2 heterocycles. The maximum atomic E-state index is 11.2. The normalized spacial score (nSPS) is 15.4. The minimum Gasteiger partial charge on any atom is -0.492 e. The summed E-state index contributed by atoms with van der Waals surface area (Å²) in [4.78, 5) is 13.5. The van der Waals surface area contributed by atoms with Gasteiger partial charge in [-0.1, -0.05) is 26.8 Å². The van der Waals surface area contributed by atoms with Crippen molar-refractivity contribution in [3.63, 3.8) is 0 Å². The van der Waals surface area contributed by atoms with Gasteiger partial charge >= 0.3 is 6.09 Å². The maximum Gasteiger partial charge on any atom is 0.410 e. The van der Waals surface area contributed by atoms with E-state index in [2.05, 4.69) is 15.3 Å². The molecular formula is C20H28N4O4. The Hall–Kier alpha value is -2.58. The number of amides is 1. The fourth-order valence-corrected chi connectivity index (χ4v) is 2.97. The van der Waals surface area contributed by atoms with Crippen LogP contribution < -0.4 is 10.1 Å². The van der Waals surface area contributed by atoms with Crippen molar-refractivity contribution in [1.82, 2.24) is 14.7 Å². The molecule has 1 amide bonds. The van der Waals surface area contributed by atoms with E-state index in [0.29, 0.717) is 12.4 Å². The minimum absolute atomic E-state index is 0.202. The van der Waals surface area contributed by atoms with Crippen molar-refractivity contribution in [2.45, 2.75) is 26.2 Å². The molecule has 8 nitrogen and oxygen atoms in total. The van der Waals surface area contributed by atoms with E-state index < -0.39 is 6.09 Å². The van der Waals surface area contributed by atoms with Crippen LogP contribution in [0.5, 0.6) is 5.75 Å². The van der Waals surface area contributed by atoms with Crippen molar-refractivity contribution >= 4 is 11.9 Å². The molecule has 152 valence electrons. The Kier molecular flexibility index (Phi) is 6.21. The SMILES string of the molecule is CC(C)(C)c1cc(NC(=O)O)n(-c2cccc(OCCN3CCOCC3)c2)n1. The van der Waals surface area contributed by atoms with Gasteiger partial charge in [-0.3, -0.25) is 10.2 Å². The second kappa shape index (κ2) is 8.62. The molecule has 0 saturated carbocycles. The summed E-state index contributed by atoms with van der Waals surface area (Å²) in [5, 5.41) is 16.2. The minimum atomic E-state index is -1.13. The fraction of sp³-hybridized carbons (Fsp3) is 0.500. The number of carbonyl (C=O) groups is 1. The van der Waals surface area contributed by atoms with Gasteiger partial charge in [0.2, 0.25) is 0 Å². The van der Waals surface area contributed by atoms with E-state index in [-0.39, 0.29) is 5.41 Å². The molecule has 0 aliphatic carbocycles. The van der Waals surface area contributed by atoms with Crippen LogP contribution in [0.25, 0.3) is 5.69 Å². The zero-order valence-electron chi connectivity index (χ0n) is 16.6. The van der Waals surface area contributed by atoms with Gasteiger partial charge in [0.15, 0.2) is 0 Å². The molecule has 1 aliphatic heterocycles. The highest BCUT2D eigenvalue weighted by atomic mass is 16.5. The number of ether oxygens (including phenoxy) is 2. The quantitative estimate of drug-likeness (QED) is 0.791. The van der Waals surface area contributed by atoms with E-state index in [4.69, 9.17) is 14.6 Å². The molecule has 8 heteroatoms. The van der Waals surface area contributed by atoms with Gasteiger partial charge in [0.1, 0.15) is 18.2 Å². The van der Waals surface area contributed by atoms with Crippen LogP contribution in [0.1, 0.15) is 26.5 Å². The number of anilines is 1. The van der Waals surface area contributed by atoms with E-state index in [9.17, 15) is 4.79 Å². The molecule has 2 N–H and O–H groups in total. The molecule has 0 atom stereocenters. The van der Waals surface area contributed by atoms with Crippen LogP contribution in [0.4, 0.5) is 10.6 Å². The lowest BCUT2D eigenvalue weighted by atomic mass is 9.92. The van der Waals surface area contributed by atoms with Crippen LogP contribution in [0, 0.1) is 0 Å². The second-order valence-electron chi connectivity index (χ2n) is 7.81. The number of hydrogen-bond acceptors (Lipinski definition) is 5. The lowest BCUT2D eigenvalue weighted by molar-refractivity contribution is 0.0322. The van der Waals surface area contributed by atoms with Crippen LogP contribution in [0.3, 0.4) is 0 Å². The number of aromatic nitrogens is 2. The Morgan fingerprint density at radius 1 is 1.29 bits per heavy atom. The Labute approximate surface area is 165 Å². The summed E-state index contributed by atoms with van der Waals surface area (Å²) in [5.41, 5.74) is 1.34. The standard InChI is InChI=1S/C20H28N4O4/c1-20(2,3)17-14-18(21-19(25)26)24(22-17)15-5-4-6-16(13-15)28-12-9-23-7-10-27-11-8-23/h4-6,13-14,21H,7-12H2,1-3H3,(H,25,26). The van der Waals surface area contributed by atoms with E-state index in [1.807, 2.05) is 45.0 Å². The zero-order valence-corrected chi connectivity index (χ0v) is 16.6. The number of nitrogens with one attached hydrogen (secondary N) is 1. The topological polar surface area (TPSA) is 88.8 Å². The van der Waals surface area contributed by atoms with Crippen molar-refractivity contribution in [3.05, 3.63) is 36.0 Å². The molecule has 1 saturated heterocycles. The molecular weight excluding hydrogens is 360 g/mol. The number of nitrogens with zero attached hydrogens (tertiary/aromatic N) is 3. The molecule has 1 aromatic heterocycles. The summed E-state index contributed by atoms with van der Waals surface area (Å²) < 4.78 is 12.9. The molecule has 1 fully saturated rings. The smallest absolute Gasteiger partial charge is 0.410 e. The Morgan fingerprint density at radius 3 is 2.71 bits per heavy atom. The largest absolute Gasteiger partial charge is 0.492 e. The van der Waals surface area contributed by atoms with Crippen molar-refractivity contribution in [2.75, 3.05) is 44.8 Å². The van der Waals surface area contributed by atoms with Crippen molar-refractivity contribution in [1.29, 1.82) is 0 Å². The Morgan fingerprint density at radius 2 is 2.04 bits per heavy atom. The summed E-state index contributed by atoms with van der Waals surface area (Å²) in [6.07, 6.45) is -1.13. The lowest BCUT2D eigenvalue weighted by Gasteiger charge is -2.26. The van der Waals surface area contributed by atoms with Crippen LogP contribution in [-0.2, 0) is 10.2 Å². The predicted octanol–water partition coefficient (Wildman–Crippen LogP) is 2.97. The molecule has 1 aliphatic rings. The van der Waals surface area contributed by atoms with Gasteiger partial charge in [-0.2, -0.15) is 5.10 Å². The second-order valence-corrected chi connectivity index (χ2v) is 7.81. The molecule has 0 unspecified atom stereocenters. The zero-order chi connectivity index (χ0) is 20.1. The van der Waals surface area contributed by atoms with Crippen molar-refractivity contribution in [2.24, 2.45) is 0 Å². The summed E-state index contributed by atoms with van der Waals surface area (Å²) in [7, 11) is 0. The molecule has 1 aromatic carbocycles.